The van der Waals surface area contributed by atoms with Gasteiger partial charge in [-0.3, -0.25) is 4.79 Å². The molecule has 4 heteroatoms. The molecule has 0 aliphatic heterocycles. The van der Waals surface area contributed by atoms with Crippen LogP contribution in [-0.2, 0) is 13.0 Å². The normalized spacial score (nSPS) is 10.3. The van der Waals surface area contributed by atoms with Crippen LogP contribution in [0.5, 0.6) is 0 Å². The second-order valence-electron chi connectivity index (χ2n) is 3.99. The van der Waals surface area contributed by atoms with Crippen molar-refractivity contribution in [3.05, 3.63) is 59.5 Å². The van der Waals surface area contributed by atoms with Crippen molar-refractivity contribution in [2.45, 2.75) is 13.0 Å². The minimum Gasteiger partial charge on any atom is -0.469 e. The molecule has 1 aromatic heterocycles. The summed E-state index contributed by atoms with van der Waals surface area (Å²) in [5.41, 5.74) is 7.13. The van der Waals surface area contributed by atoms with Gasteiger partial charge in [-0.05, 0) is 29.8 Å². The molecule has 94 valence electrons. The minimum atomic E-state index is -0.0862. The average Bonchev–Trinajstić information content (AvgIpc) is 2.92. The Labute approximate surface area is 106 Å². The van der Waals surface area contributed by atoms with Gasteiger partial charge in [0, 0.05) is 25.1 Å². The number of nitrogens with one attached hydrogen (secondary N) is 1. The summed E-state index contributed by atoms with van der Waals surface area (Å²) >= 11 is 0. The molecule has 0 atom stereocenters. The number of carbonyl (C=O) groups is 1. The fourth-order valence-electron chi connectivity index (χ4n) is 1.70. The van der Waals surface area contributed by atoms with E-state index < -0.39 is 0 Å². The molecule has 2 rings (SSSR count). The van der Waals surface area contributed by atoms with Gasteiger partial charge in [-0.15, -0.1) is 0 Å². The van der Waals surface area contributed by atoms with Crippen molar-refractivity contribution in [3.8, 4) is 0 Å². The van der Waals surface area contributed by atoms with Crippen molar-refractivity contribution < 1.29 is 9.21 Å². The maximum atomic E-state index is 11.9. The van der Waals surface area contributed by atoms with Crippen LogP contribution >= 0.6 is 0 Å². The molecule has 1 heterocycles. The zero-order valence-corrected chi connectivity index (χ0v) is 10.1. The number of rotatable bonds is 5. The molecule has 3 N–H and O–H groups in total. The first-order valence-corrected chi connectivity index (χ1v) is 5.89. The Bertz CT molecular complexity index is 506. The number of carbonyl (C=O) groups excluding carboxylic acids is 1. The Hall–Kier alpha value is -2.07. The molecule has 2 aromatic rings. The molecule has 0 spiro atoms. The van der Waals surface area contributed by atoms with Crippen molar-refractivity contribution in [1.29, 1.82) is 0 Å². The van der Waals surface area contributed by atoms with E-state index in [2.05, 4.69) is 5.32 Å². The molecule has 0 aliphatic rings. The van der Waals surface area contributed by atoms with Gasteiger partial charge in [-0.1, -0.05) is 12.1 Å². The highest BCUT2D eigenvalue weighted by Gasteiger charge is 2.05. The van der Waals surface area contributed by atoms with Crippen LogP contribution in [0.15, 0.2) is 47.1 Å². The maximum Gasteiger partial charge on any atom is 0.251 e. The molecule has 0 fully saturated rings. The molecule has 1 aromatic carbocycles. The SMILES string of the molecule is NCc1cccc(C(=O)NCCc2ccco2)c1. The van der Waals surface area contributed by atoms with Gasteiger partial charge in [0.15, 0.2) is 0 Å². The predicted molar refractivity (Wildman–Crippen MR) is 69.1 cm³/mol. The van der Waals surface area contributed by atoms with Crippen LogP contribution in [0.25, 0.3) is 0 Å². The maximum absolute atomic E-state index is 11.9. The molecule has 0 saturated carbocycles. The van der Waals surface area contributed by atoms with E-state index in [-0.39, 0.29) is 5.91 Å². The van der Waals surface area contributed by atoms with Gasteiger partial charge in [0.25, 0.3) is 5.91 Å². The number of nitrogens with two attached hydrogens (primary N) is 1. The van der Waals surface area contributed by atoms with Crippen LogP contribution in [0.2, 0.25) is 0 Å². The number of hydrogen-bond acceptors (Lipinski definition) is 3. The summed E-state index contributed by atoms with van der Waals surface area (Å²) in [6, 6.07) is 11.1. The standard InChI is InChI=1S/C14H16N2O2/c15-10-11-3-1-4-12(9-11)14(17)16-7-6-13-5-2-8-18-13/h1-5,8-9H,6-7,10,15H2,(H,16,17). The quantitative estimate of drug-likeness (QED) is 0.841. The van der Waals surface area contributed by atoms with Gasteiger partial charge < -0.3 is 15.5 Å². The molecule has 0 saturated heterocycles. The van der Waals surface area contributed by atoms with Crippen molar-refractivity contribution in [2.75, 3.05) is 6.54 Å². The first-order chi connectivity index (χ1) is 8.79. The van der Waals surface area contributed by atoms with Crippen LogP contribution in [0.3, 0.4) is 0 Å². The fourth-order valence-corrected chi connectivity index (χ4v) is 1.70. The third-order valence-electron chi connectivity index (χ3n) is 2.66. The fraction of sp³-hybridized carbons (Fsp3) is 0.214. The Morgan fingerprint density at radius 2 is 2.17 bits per heavy atom. The summed E-state index contributed by atoms with van der Waals surface area (Å²) in [7, 11) is 0. The lowest BCUT2D eigenvalue weighted by Crippen LogP contribution is -2.25. The van der Waals surface area contributed by atoms with E-state index in [1.54, 1.807) is 12.3 Å². The molecule has 1 amide bonds. The van der Waals surface area contributed by atoms with Crippen LogP contribution in [0.4, 0.5) is 0 Å². The second-order valence-corrected chi connectivity index (χ2v) is 3.99. The van der Waals surface area contributed by atoms with E-state index in [0.717, 1.165) is 11.3 Å². The lowest BCUT2D eigenvalue weighted by molar-refractivity contribution is 0.0953. The second kappa shape index (κ2) is 6.02. The van der Waals surface area contributed by atoms with Crippen molar-refractivity contribution in [1.82, 2.24) is 5.32 Å². The van der Waals surface area contributed by atoms with Gasteiger partial charge >= 0.3 is 0 Å². The van der Waals surface area contributed by atoms with Gasteiger partial charge in [-0.2, -0.15) is 0 Å². The van der Waals surface area contributed by atoms with Crippen LogP contribution in [0.1, 0.15) is 21.7 Å². The van der Waals surface area contributed by atoms with Gasteiger partial charge in [0.1, 0.15) is 5.76 Å². The highest BCUT2D eigenvalue weighted by atomic mass is 16.3. The van der Waals surface area contributed by atoms with Crippen LogP contribution in [0, 0.1) is 0 Å². The molecule has 18 heavy (non-hydrogen) atoms. The van der Waals surface area contributed by atoms with E-state index in [0.29, 0.717) is 25.1 Å². The summed E-state index contributed by atoms with van der Waals surface area (Å²) in [4.78, 5) is 11.9. The van der Waals surface area contributed by atoms with Gasteiger partial charge in [0.2, 0.25) is 0 Å². The van der Waals surface area contributed by atoms with Gasteiger partial charge in [-0.25, -0.2) is 0 Å². The topological polar surface area (TPSA) is 68.3 Å². The number of amides is 1. The Kier molecular flexibility index (Phi) is 4.15. The molecule has 0 bridgehead atoms. The van der Waals surface area contributed by atoms with E-state index in [1.807, 2.05) is 30.3 Å². The summed E-state index contributed by atoms with van der Waals surface area (Å²) in [5, 5.41) is 2.85. The highest BCUT2D eigenvalue weighted by molar-refractivity contribution is 5.94. The largest absolute Gasteiger partial charge is 0.469 e. The third kappa shape index (κ3) is 3.21. The number of hydrogen-bond donors (Lipinski definition) is 2. The van der Waals surface area contributed by atoms with Crippen molar-refractivity contribution >= 4 is 5.91 Å². The monoisotopic (exact) mass is 244 g/mol. The van der Waals surface area contributed by atoms with Crippen molar-refractivity contribution in [2.24, 2.45) is 5.73 Å². The zero-order chi connectivity index (χ0) is 12.8. The smallest absolute Gasteiger partial charge is 0.251 e. The molecular weight excluding hydrogens is 228 g/mol. The predicted octanol–water partition coefficient (Wildman–Crippen LogP) is 1.71. The van der Waals surface area contributed by atoms with Crippen LogP contribution < -0.4 is 11.1 Å². The van der Waals surface area contributed by atoms with Crippen LogP contribution in [-0.4, -0.2) is 12.5 Å². The Morgan fingerprint density at radius 1 is 1.28 bits per heavy atom. The lowest BCUT2D eigenvalue weighted by Gasteiger charge is -2.05. The summed E-state index contributed by atoms with van der Waals surface area (Å²) < 4.78 is 5.19. The summed E-state index contributed by atoms with van der Waals surface area (Å²) in [5.74, 6) is 0.780. The molecule has 4 nitrogen and oxygen atoms in total. The number of furan rings is 1. The molecule has 0 radical (unpaired) electrons. The van der Waals surface area contributed by atoms with Gasteiger partial charge in [0.05, 0.1) is 6.26 Å². The van der Waals surface area contributed by atoms with E-state index in [1.165, 1.54) is 0 Å². The van der Waals surface area contributed by atoms with E-state index in [4.69, 9.17) is 10.2 Å². The first-order valence-electron chi connectivity index (χ1n) is 5.89. The third-order valence-corrected chi connectivity index (χ3v) is 2.66. The highest BCUT2D eigenvalue weighted by Crippen LogP contribution is 2.05. The first kappa shape index (κ1) is 12.4. The zero-order valence-electron chi connectivity index (χ0n) is 10.1. The summed E-state index contributed by atoms with van der Waals surface area (Å²) in [6.07, 6.45) is 2.32. The molecule has 0 unspecified atom stereocenters. The minimum absolute atomic E-state index is 0.0862. The molecular formula is C14H16N2O2. The Morgan fingerprint density at radius 3 is 2.89 bits per heavy atom. The Balaban J connectivity index is 1.87. The average molecular weight is 244 g/mol. The van der Waals surface area contributed by atoms with E-state index in [9.17, 15) is 4.79 Å². The van der Waals surface area contributed by atoms with Crippen molar-refractivity contribution in [3.63, 3.8) is 0 Å². The van der Waals surface area contributed by atoms with E-state index >= 15 is 0 Å². The lowest BCUT2D eigenvalue weighted by atomic mass is 10.1. The number of benzene rings is 1. The molecule has 0 aliphatic carbocycles. The summed E-state index contributed by atoms with van der Waals surface area (Å²) in [6.45, 7) is 0.993.